The zero-order valence-electron chi connectivity index (χ0n) is 24.6. The van der Waals surface area contributed by atoms with Gasteiger partial charge in [0.2, 0.25) is 12.2 Å². The van der Waals surface area contributed by atoms with E-state index in [0.717, 1.165) is 17.2 Å². The van der Waals surface area contributed by atoms with E-state index < -0.39 is 89.5 Å². The molecule has 0 bridgehead atoms. The fourth-order valence-corrected chi connectivity index (χ4v) is 7.09. The average Bonchev–Trinajstić information content (AvgIpc) is 3.68. The van der Waals surface area contributed by atoms with Gasteiger partial charge in [-0.25, -0.2) is 28.9 Å². The van der Waals surface area contributed by atoms with E-state index >= 15 is 0 Å². The number of amides is 1. The van der Waals surface area contributed by atoms with Crippen molar-refractivity contribution < 1.29 is 81.3 Å². The molecule has 2 aromatic rings. The number of carbonyl (C=O) groups excluding carboxylic acids is 3. The fraction of sp³-hybridized carbons (Fsp3) is 0.478. The van der Waals surface area contributed by atoms with Gasteiger partial charge in [0.1, 0.15) is 42.9 Å². The van der Waals surface area contributed by atoms with E-state index in [9.17, 15) is 53.7 Å². The average molecular weight is 737 g/mol. The Hall–Kier alpha value is -3.74. The number of phosphoric acid groups is 2. The quantitative estimate of drug-likeness (QED) is 0.0425. The Labute approximate surface area is 273 Å². The number of aliphatic hydroxyl groups excluding tert-OH is 4. The molecule has 0 spiro atoms. The summed E-state index contributed by atoms with van der Waals surface area (Å²) < 4.78 is 55.7. The second-order valence-corrected chi connectivity index (χ2v) is 13.6. The van der Waals surface area contributed by atoms with Crippen molar-refractivity contribution in [1.82, 2.24) is 24.4 Å². The van der Waals surface area contributed by atoms with Gasteiger partial charge in [0.25, 0.3) is 5.79 Å². The first-order valence-corrected chi connectivity index (χ1v) is 16.7. The predicted molar refractivity (Wildman–Crippen MR) is 153 cm³/mol. The lowest BCUT2D eigenvalue weighted by molar-refractivity contribution is -0.265. The Bertz CT molecular complexity index is 1770. The zero-order chi connectivity index (χ0) is 35.9. The number of nitrogens with two attached hydrogens (primary N) is 2. The number of primary amides is 1. The summed E-state index contributed by atoms with van der Waals surface area (Å²) in [6.07, 6.45) is -6.11. The summed E-state index contributed by atoms with van der Waals surface area (Å²) in [5, 5.41) is 42.4. The van der Waals surface area contributed by atoms with Crippen molar-refractivity contribution in [3.63, 3.8) is 0 Å². The van der Waals surface area contributed by atoms with Crippen LogP contribution in [0, 0.1) is 0 Å². The number of hydrogen-bond acceptors (Lipinski definition) is 20. The van der Waals surface area contributed by atoms with Crippen LogP contribution in [0.25, 0.3) is 11.2 Å². The van der Waals surface area contributed by atoms with Crippen LogP contribution in [-0.2, 0) is 51.1 Å². The molecule has 10 atom stereocenters. The van der Waals surface area contributed by atoms with Gasteiger partial charge < -0.3 is 60.8 Å². The van der Waals surface area contributed by atoms with Crippen LogP contribution in [-0.4, -0.2) is 129 Å². The number of anilines is 1. The molecule has 0 aromatic carbocycles. The van der Waals surface area contributed by atoms with Crippen LogP contribution in [0.15, 0.2) is 36.7 Å². The molecule has 0 aliphatic carbocycles. The minimum atomic E-state index is -5.74. The van der Waals surface area contributed by atoms with Crippen LogP contribution in [0.5, 0.6) is 0 Å². The topological polar surface area (TPSA) is 361 Å². The SMILES string of the molecule is NC(=O)C1=CN([C@@H]2O[C@H](COP(=O)(O)OP(=O)(O)OC[C@]3(OC(=O)C=O)O[C@@H](n4cnc5c(N)ncnc54)[C@H](O)[C@@H]3O)[C@@H](O)[C@H]2O)C=CC1. The summed E-state index contributed by atoms with van der Waals surface area (Å²) in [5.41, 5.74) is 11.2. The van der Waals surface area contributed by atoms with E-state index in [4.69, 9.17) is 25.7 Å². The van der Waals surface area contributed by atoms with Gasteiger partial charge >= 0.3 is 21.6 Å². The van der Waals surface area contributed by atoms with E-state index in [0.29, 0.717) is 0 Å². The van der Waals surface area contributed by atoms with Crippen molar-refractivity contribution in [1.29, 1.82) is 0 Å². The van der Waals surface area contributed by atoms with Crippen molar-refractivity contribution in [3.05, 3.63) is 36.7 Å². The van der Waals surface area contributed by atoms with Gasteiger partial charge in [0.05, 0.1) is 12.9 Å². The third-order valence-electron chi connectivity index (χ3n) is 7.32. The number of phosphoric ester groups is 2. The van der Waals surface area contributed by atoms with E-state index in [2.05, 4.69) is 28.3 Å². The molecule has 0 saturated carbocycles. The van der Waals surface area contributed by atoms with Crippen LogP contribution < -0.4 is 11.5 Å². The highest BCUT2D eigenvalue weighted by molar-refractivity contribution is 7.61. The minimum absolute atomic E-state index is 0.0359. The maximum atomic E-state index is 12.7. The fourth-order valence-electron chi connectivity index (χ4n) is 4.99. The molecular formula is C23H29N7O17P2. The molecule has 268 valence electrons. The second-order valence-electron chi connectivity index (χ2n) is 10.6. The number of allylic oxidation sites excluding steroid dienone is 1. The molecule has 3 aliphatic heterocycles. The van der Waals surface area contributed by atoms with Crippen LogP contribution in [0.3, 0.4) is 0 Å². The zero-order valence-corrected chi connectivity index (χ0v) is 26.4. The molecule has 1 amide bonds. The van der Waals surface area contributed by atoms with Gasteiger partial charge in [0, 0.05) is 18.0 Å². The normalized spacial score (nSPS) is 32.4. The molecule has 10 N–H and O–H groups in total. The monoisotopic (exact) mass is 737 g/mol. The standard InChI is InChI=1S/C23H29N7O17P2/c24-18-13-20(27-8-26-18)30(9-28-13)22-16(35)17(36)23(46-22,45-12(32)5-31)7-43-49(40,41)47-48(38,39)42-6-11-14(33)15(34)21(44-11)29-3-1-2-10(4-29)19(25)37/h1,3-5,8-9,11,14-17,21-22,33-36H,2,6-7H2,(H2,25,37)(H,38,39)(H,40,41)(H2,24,26,27)/t11-,14-,15-,16-,17+,21-,22-,23+/m1/s1. The molecule has 2 saturated heterocycles. The Kier molecular flexibility index (Phi) is 10.3. The number of aliphatic hydroxyl groups is 4. The van der Waals surface area contributed by atoms with Crippen LogP contribution in [0.2, 0.25) is 0 Å². The molecular weight excluding hydrogens is 708 g/mol. The molecule has 3 aliphatic rings. The number of rotatable bonds is 13. The molecule has 0 radical (unpaired) electrons. The lowest BCUT2D eigenvalue weighted by atomic mass is 10.1. The molecule has 49 heavy (non-hydrogen) atoms. The number of hydrogen-bond donors (Lipinski definition) is 8. The molecule has 2 unspecified atom stereocenters. The highest BCUT2D eigenvalue weighted by Gasteiger charge is 2.60. The number of esters is 1. The summed E-state index contributed by atoms with van der Waals surface area (Å²) >= 11 is 0. The summed E-state index contributed by atoms with van der Waals surface area (Å²) in [7, 11) is -11.3. The minimum Gasteiger partial charge on any atom is -0.422 e. The Morgan fingerprint density at radius 1 is 1.06 bits per heavy atom. The van der Waals surface area contributed by atoms with E-state index in [-0.39, 0.29) is 35.3 Å². The summed E-state index contributed by atoms with van der Waals surface area (Å²) in [6, 6.07) is 0. The van der Waals surface area contributed by atoms with Crippen LogP contribution >= 0.6 is 15.6 Å². The Balaban J connectivity index is 1.25. The third-order valence-corrected chi connectivity index (χ3v) is 9.90. The Morgan fingerprint density at radius 3 is 2.47 bits per heavy atom. The van der Waals surface area contributed by atoms with Crippen LogP contribution in [0.4, 0.5) is 5.82 Å². The first-order valence-electron chi connectivity index (χ1n) is 13.7. The molecule has 24 nitrogen and oxygen atoms in total. The number of nitrogen functional groups attached to an aromatic ring is 1. The van der Waals surface area contributed by atoms with E-state index in [1.165, 1.54) is 23.4 Å². The van der Waals surface area contributed by atoms with Gasteiger partial charge in [-0.05, 0) is 6.42 Å². The number of carbonyl (C=O) groups is 3. The van der Waals surface area contributed by atoms with E-state index in [1.54, 1.807) is 0 Å². The number of nitrogens with zero attached hydrogens (tertiary/aromatic N) is 5. The lowest BCUT2D eigenvalue weighted by Gasteiger charge is -2.30. The van der Waals surface area contributed by atoms with Gasteiger partial charge in [-0.15, -0.1) is 0 Å². The van der Waals surface area contributed by atoms with Gasteiger partial charge in [-0.2, -0.15) is 4.31 Å². The molecule has 5 rings (SSSR count). The number of fused-ring (bicyclic) bond motifs is 1. The smallest absolute Gasteiger partial charge is 0.422 e. The highest BCUT2D eigenvalue weighted by Crippen LogP contribution is 2.61. The lowest BCUT2D eigenvalue weighted by Crippen LogP contribution is -2.50. The van der Waals surface area contributed by atoms with Gasteiger partial charge in [0.15, 0.2) is 30.0 Å². The maximum absolute atomic E-state index is 12.7. The highest BCUT2D eigenvalue weighted by atomic mass is 31.3. The maximum Gasteiger partial charge on any atom is 0.481 e. The van der Waals surface area contributed by atoms with Crippen molar-refractivity contribution in [3.8, 4) is 0 Å². The Morgan fingerprint density at radius 2 is 1.78 bits per heavy atom. The predicted octanol–water partition coefficient (Wildman–Crippen LogP) is -3.62. The first-order chi connectivity index (χ1) is 23.0. The largest absolute Gasteiger partial charge is 0.481 e. The van der Waals surface area contributed by atoms with Gasteiger partial charge in [-0.1, -0.05) is 6.08 Å². The van der Waals surface area contributed by atoms with E-state index in [1.807, 2.05) is 0 Å². The third kappa shape index (κ3) is 7.56. The number of aromatic nitrogens is 4. The number of imidazole rings is 1. The summed E-state index contributed by atoms with van der Waals surface area (Å²) in [6.45, 7) is -2.50. The first kappa shape index (κ1) is 36.5. The summed E-state index contributed by atoms with van der Waals surface area (Å²) in [5.74, 6) is -5.44. The van der Waals surface area contributed by atoms with Gasteiger partial charge in [-0.3, -0.25) is 23.2 Å². The van der Waals surface area contributed by atoms with Crippen molar-refractivity contribution in [2.24, 2.45) is 5.73 Å². The summed E-state index contributed by atoms with van der Waals surface area (Å²) in [4.78, 5) is 67.8. The van der Waals surface area contributed by atoms with Crippen molar-refractivity contribution in [2.45, 2.75) is 55.2 Å². The molecule has 2 fully saturated rings. The van der Waals surface area contributed by atoms with Crippen molar-refractivity contribution in [2.75, 3.05) is 18.9 Å². The number of aldehydes is 1. The van der Waals surface area contributed by atoms with Crippen molar-refractivity contribution >= 4 is 50.8 Å². The molecule has 5 heterocycles. The van der Waals surface area contributed by atoms with Crippen LogP contribution in [0.1, 0.15) is 12.6 Å². The second kappa shape index (κ2) is 13.9. The molecule has 2 aromatic heterocycles. The number of ether oxygens (including phenoxy) is 3. The molecule has 26 heteroatoms.